The fraction of sp³-hybridized carbons (Fsp3) is 0.200. The summed E-state index contributed by atoms with van der Waals surface area (Å²) < 4.78 is 2.14. The summed E-state index contributed by atoms with van der Waals surface area (Å²) >= 11 is 6.03. The lowest BCUT2D eigenvalue weighted by Gasteiger charge is -2.28. The highest BCUT2D eigenvalue weighted by molar-refractivity contribution is 6.30. The average molecular weight is 497 g/mol. The summed E-state index contributed by atoms with van der Waals surface area (Å²) in [4.78, 5) is 15.1. The fourth-order valence-corrected chi connectivity index (χ4v) is 4.97. The number of aryl methyl sites for hydroxylation is 1. The van der Waals surface area contributed by atoms with Crippen LogP contribution in [0.4, 0.5) is 0 Å². The number of benzene rings is 3. The predicted octanol–water partition coefficient (Wildman–Crippen LogP) is 6.07. The average Bonchev–Trinajstić information content (AvgIpc) is 3.17. The number of hydrogen-bond acceptors (Lipinski definition) is 3. The lowest BCUT2D eigenvalue weighted by Crippen LogP contribution is -2.30. The van der Waals surface area contributed by atoms with Crippen LogP contribution in [0.5, 0.6) is 0 Å². The van der Waals surface area contributed by atoms with Gasteiger partial charge in [-0.05, 0) is 79.4 Å². The highest BCUT2D eigenvalue weighted by atomic mass is 35.5. The fourth-order valence-electron chi connectivity index (χ4n) is 4.84. The molecule has 5 nitrogen and oxygen atoms in total. The van der Waals surface area contributed by atoms with Crippen LogP contribution in [0.25, 0.3) is 5.69 Å². The van der Waals surface area contributed by atoms with Crippen LogP contribution in [0.2, 0.25) is 5.02 Å². The molecule has 36 heavy (non-hydrogen) atoms. The second-order valence-electron chi connectivity index (χ2n) is 9.26. The monoisotopic (exact) mass is 496 g/mol. The zero-order chi connectivity index (χ0) is 25.1. The van der Waals surface area contributed by atoms with Crippen molar-refractivity contribution < 1.29 is 4.79 Å². The van der Waals surface area contributed by atoms with Crippen molar-refractivity contribution in [2.45, 2.75) is 33.4 Å². The van der Waals surface area contributed by atoms with E-state index in [4.69, 9.17) is 11.6 Å². The van der Waals surface area contributed by atoms with Gasteiger partial charge in [-0.15, -0.1) is 0 Å². The highest BCUT2D eigenvalue weighted by Crippen LogP contribution is 2.22. The van der Waals surface area contributed by atoms with Crippen molar-refractivity contribution in [2.75, 3.05) is 6.54 Å². The van der Waals surface area contributed by atoms with E-state index < -0.39 is 0 Å². The van der Waals surface area contributed by atoms with Crippen molar-refractivity contribution in [1.82, 2.24) is 14.9 Å². The van der Waals surface area contributed by atoms with Gasteiger partial charge in [0.15, 0.2) is 0 Å². The molecule has 182 valence electrons. The Morgan fingerprint density at radius 3 is 2.47 bits per heavy atom. The summed E-state index contributed by atoms with van der Waals surface area (Å²) in [6, 6.07) is 26.2. The Bertz CT molecular complexity index is 1400. The third-order valence-corrected chi connectivity index (χ3v) is 7.01. The maximum atomic E-state index is 12.6. The predicted molar refractivity (Wildman–Crippen MR) is 146 cm³/mol. The maximum Gasteiger partial charge on any atom is 0.271 e. The molecular formula is C30H29ClN4O. The van der Waals surface area contributed by atoms with Gasteiger partial charge in [0.1, 0.15) is 0 Å². The molecule has 1 N–H and O–H groups in total. The first kappa shape index (κ1) is 24.0. The second-order valence-corrected chi connectivity index (χ2v) is 9.70. The largest absolute Gasteiger partial charge is 0.318 e. The quantitative estimate of drug-likeness (QED) is 0.260. The van der Waals surface area contributed by atoms with Crippen molar-refractivity contribution in [3.05, 3.63) is 123 Å². The van der Waals surface area contributed by atoms with Crippen molar-refractivity contribution in [3.8, 4) is 5.69 Å². The van der Waals surface area contributed by atoms with Gasteiger partial charge in [0.25, 0.3) is 5.91 Å². The Labute approximate surface area is 217 Å². The van der Waals surface area contributed by atoms with Gasteiger partial charge in [0, 0.05) is 52.9 Å². The lowest BCUT2D eigenvalue weighted by atomic mass is 9.99. The first-order chi connectivity index (χ1) is 17.5. The van der Waals surface area contributed by atoms with Gasteiger partial charge in [0.05, 0.1) is 6.21 Å². The molecule has 0 radical (unpaired) electrons. The summed E-state index contributed by atoms with van der Waals surface area (Å²) in [6.07, 6.45) is 2.77. The van der Waals surface area contributed by atoms with Crippen LogP contribution in [-0.2, 0) is 19.5 Å². The molecule has 2 heterocycles. The van der Waals surface area contributed by atoms with E-state index in [1.165, 1.54) is 16.7 Å². The number of fused-ring (bicyclic) bond motifs is 1. The summed E-state index contributed by atoms with van der Waals surface area (Å²) in [7, 11) is 0. The summed E-state index contributed by atoms with van der Waals surface area (Å²) in [5.41, 5.74) is 11.4. The number of hydrogen-bond donors (Lipinski definition) is 1. The van der Waals surface area contributed by atoms with Gasteiger partial charge >= 0.3 is 0 Å². The van der Waals surface area contributed by atoms with Crippen molar-refractivity contribution in [2.24, 2.45) is 5.10 Å². The molecule has 1 aliphatic heterocycles. The molecule has 0 aliphatic carbocycles. The standard InChI is InChI=1S/C30H29ClN4O/c1-21-17-27(22(2)35(21)29-13-11-28(31)12-14-29)18-32-33-30(36)25-9-7-23(8-10-25)19-34-16-15-24-5-3-4-6-26(24)20-34/h3-14,17-18H,15-16,19-20H2,1-2H3,(H,33,36)/b32-18-. The van der Waals surface area contributed by atoms with Crippen LogP contribution in [0.1, 0.15) is 44.0 Å². The zero-order valence-electron chi connectivity index (χ0n) is 20.5. The minimum Gasteiger partial charge on any atom is -0.318 e. The number of hydrazone groups is 1. The van der Waals surface area contributed by atoms with Gasteiger partial charge in [0.2, 0.25) is 0 Å². The lowest BCUT2D eigenvalue weighted by molar-refractivity contribution is 0.0955. The van der Waals surface area contributed by atoms with Gasteiger partial charge < -0.3 is 4.57 Å². The molecule has 6 heteroatoms. The van der Waals surface area contributed by atoms with Crippen molar-refractivity contribution >= 4 is 23.7 Å². The van der Waals surface area contributed by atoms with Crippen molar-refractivity contribution in [1.29, 1.82) is 0 Å². The van der Waals surface area contributed by atoms with E-state index in [2.05, 4.69) is 44.3 Å². The first-order valence-electron chi connectivity index (χ1n) is 12.1. The SMILES string of the molecule is Cc1cc(/C=N\NC(=O)c2ccc(CN3CCc4ccccc4C3)cc2)c(C)n1-c1ccc(Cl)cc1. The summed E-state index contributed by atoms with van der Waals surface area (Å²) in [5.74, 6) is -0.226. The molecule has 5 rings (SSSR count). The number of aromatic nitrogens is 1. The molecule has 1 aliphatic rings. The smallest absolute Gasteiger partial charge is 0.271 e. The molecule has 1 amide bonds. The molecular weight excluding hydrogens is 468 g/mol. The third-order valence-electron chi connectivity index (χ3n) is 6.76. The van der Waals surface area contributed by atoms with Crippen molar-refractivity contribution in [3.63, 3.8) is 0 Å². The number of nitrogens with zero attached hydrogens (tertiary/aromatic N) is 3. The molecule has 0 fully saturated rings. The Balaban J connectivity index is 1.19. The number of rotatable bonds is 6. The molecule has 0 spiro atoms. The Hall–Kier alpha value is -3.67. The second kappa shape index (κ2) is 10.5. The van der Waals surface area contributed by atoms with Crippen LogP contribution in [0.15, 0.2) is 84.0 Å². The number of halogens is 1. The molecule has 3 aromatic carbocycles. The molecule has 0 saturated heterocycles. The van der Waals surface area contributed by atoms with E-state index in [1.807, 2.05) is 68.4 Å². The normalized spacial score (nSPS) is 13.6. The maximum absolute atomic E-state index is 12.6. The van der Waals surface area contributed by atoms with E-state index in [0.29, 0.717) is 10.6 Å². The third kappa shape index (κ3) is 5.27. The molecule has 4 aromatic rings. The molecule has 0 saturated carbocycles. The summed E-state index contributed by atoms with van der Waals surface area (Å²) in [6.45, 7) is 6.96. The van der Waals surface area contributed by atoms with E-state index in [-0.39, 0.29) is 5.91 Å². The van der Waals surface area contributed by atoms with Gasteiger partial charge in [-0.3, -0.25) is 9.69 Å². The molecule has 1 aromatic heterocycles. The summed E-state index contributed by atoms with van der Waals surface area (Å²) in [5, 5.41) is 4.92. The minimum absolute atomic E-state index is 0.226. The first-order valence-corrected chi connectivity index (χ1v) is 12.5. The van der Waals surface area contributed by atoms with Crippen LogP contribution < -0.4 is 5.43 Å². The topological polar surface area (TPSA) is 49.6 Å². The van der Waals surface area contributed by atoms with E-state index in [9.17, 15) is 4.79 Å². The minimum atomic E-state index is -0.226. The molecule has 0 bridgehead atoms. The van der Waals surface area contributed by atoms with Crippen LogP contribution in [-0.4, -0.2) is 28.1 Å². The van der Waals surface area contributed by atoms with E-state index >= 15 is 0 Å². The van der Waals surface area contributed by atoms with E-state index in [1.54, 1.807) is 6.21 Å². The number of amides is 1. The van der Waals surface area contributed by atoms with Gasteiger partial charge in [-0.1, -0.05) is 48.0 Å². The highest BCUT2D eigenvalue weighted by Gasteiger charge is 2.16. The van der Waals surface area contributed by atoms with Gasteiger partial charge in [-0.2, -0.15) is 5.10 Å². The molecule has 0 atom stereocenters. The Morgan fingerprint density at radius 1 is 1.00 bits per heavy atom. The van der Waals surface area contributed by atoms with E-state index in [0.717, 1.165) is 48.7 Å². The van der Waals surface area contributed by atoms with Crippen LogP contribution >= 0.6 is 11.6 Å². The number of nitrogens with one attached hydrogen (secondary N) is 1. The Morgan fingerprint density at radius 2 is 1.72 bits per heavy atom. The zero-order valence-corrected chi connectivity index (χ0v) is 21.3. The Kier molecular flexibility index (Phi) is 7.03. The number of carbonyl (C=O) groups excluding carboxylic acids is 1. The van der Waals surface area contributed by atoms with Crippen LogP contribution in [0, 0.1) is 13.8 Å². The van der Waals surface area contributed by atoms with Crippen LogP contribution in [0.3, 0.4) is 0 Å². The number of carbonyl (C=O) groups is 1. The molecule has 0 unspecified atom stereocenters. The van der Waals surface area contributed by atoms with Gasteiger partial charge in [-0.25, -0.2) is 5.43 Å².